The highest BCUT2D eigenvalue weighted by molar-refractivity contribution is 9.10. The number of anilines is 1. The van der Waals surface area contributed by atoms with E-state index in [-0.39, 0.29) is 11.2 Å². The molecule has 0 unspecified atom stereocenters. The quantitative estimate of drug-likeness (QED) is 0.684. The number of aromatic nitrogens is 1. The van der Waals surface area contributed by atoms with Gasteiger partial charge in [-0.15, -0.1) is 0 Å². The monoisotopic (exact) mass is 285 g/mol. The molecule has 0 aromatic carbocycles. The summed E-state index contributed by atoms with van der Waals surface area (Å²) < 4.78 is 0.634. The third kappa shape index (κ3) is 2.16. The number of halogens is 1. The van der Waals surface area contributed by atoms with E-state index in [2.05, 4.69) is 33.2 Å². The van der Waals surface area contributed by atoms with Gasteiger partial charge in [0.15, 0.2) is 0 Å². The van der Waals surface area contributed by atoms with Crippen molar-refractivity contribution < 1.29 is 4.92 Å². The van der Waals surface area contributed by atoms with Crippen LogP contribution < -0.4 is 5.32 Å². The van der Waals surface area contributed by atoms with E-state index in [0.29, 0.717) is 10.3 Å². The molecule has 0 amide bonds. The van der Waals surface area contributed by atoms with Gasteiger partial charge in [0, 0.05) is 11.6 Å². The van der Waals surface area contributed by atoms with E-state index in [0.717, 1.165) is 12.8 Å². The first-order chi connectivity index (χ1) is 7.50. The summed E-state index contributed by atoms with van der Waals surface area (Å²) in [6.07, 6.45) is 4.71. The van der Waals surface area contributed by atoms with Gasteiger partial charge in [0.1, 0.15) is 12.0 Å². The summed E-state index contributed by atoms with van der Waals surface area (Å²) in [5.74, 6) is 0.674. The fraction of sp³-hybridized carbons (Fsp3) is 0.500. The minimum Gasteiger partial charge on any atom is -0.364 e. The molecular formula is C10H12BrN3O2. The normalized spacial score (nSPS) is 17.6. The lowest BCUT2D eigenvalue weighted by molar-refractivity contribution is -0.385. The maximum absolute atomic E-state index is 10.5. The zero-order valence-electron chi connectivity index (χ0n) is 8.86. The summed E-state index contributed by atoms with van der Waals surface area (Å²) in [5.41, 5.74) is 0.0854. The molecule has 1 heterocycles. The standard InChI is InChI=1S/C10H12BrN3O2/c1-10(3-2-4-10)13-9-8(11)5-7(6-12-9)14(15)16/h5-6H,2-4H2,1H3,(H,12,13). The molecule has 16 heavy (non-hydrogen) atoms. The van der Waals surface area contributed by atoms with Crippen LogP contribution in [0.3, 0.4) is 0 Å². The van der Waals surface area contributed by atoms with Gasteiger partial charge in [-0.25, -0.2) is 4.98 Å². The van der Waals surface area contributed by atoms with Crippen molar-refractivity contribution in [1.29, 1.82) is 0 Å². The highest BCUT2D eigenvalue weighted by atomic mass is 79.9. The molecule has 2 rings (SSSR count). The molecule has 1 aromatic heterocycles. The predicted octanol–water partition coefficient (Wildman–Crippen LogP) is 3.11. The van der Waals surface area contributed by atoms with Crippen LogP contribution in [-0.2, 0) is 0 Å². The maximum atomic E-state index is 10.5. The molecule has 0 saturated heterocycles. The van der Waals surface area contributed by atoms with Crippen LogP contribution in [0.25, 0.3) is 0 Å². The van der Waals surface area contributed by atoms with E-state index in [1.165, 1.54) is 18.7 Å². The lowest BCUT2D eigenvalue weighted by Crippen LogP contribution is -2.42. The first kappa shape index (κ1) is 11.3. The number of nitrogens with zero attached hydrogens (tertiary/aromatic N) is 2. The second kappa shape index (κ2) is 4.01. The number of hydrogen-bond donors (Lipinski definition) is 1. The molecule has 0 radical (unpaired) electrons. The highest BCUT2D eigenvalue weighted by Crippen LogP contribution is 2.36. The minimum atomic E-state index is -0.452. The van der Waals surface area contributed by atoms with Crippen LogP contribution in [-0.4, -0.2) is 15.4 Å². The van der Waals surface area contributed by atoms with Gasteiger partial charge < -0.3 is 5.32 Å². The van der Waals surface area contributed by atoms with Crippen molar-refractivity contribution in [2.45, 2.75) is 31.7 Å². The smallest absolute Gasteiger partial charge is 0.288 e. The van der Waals surface area contributed by atoms with Gasteiger partial charge in [0.25, 0.3) is 5.69 Å². The average molecular weight is 286 g/mol. The summed E-state index contributed by atoms with van der Waals surface area (Å²) >= 11 is 3.29. The van der Waals surface area contributed by atoms with Gasteiger partial charge in [-0.2, -0.15) is 0 Å². The van der Waals surface area contributed by atoms with Crippen molar-refractivity contribution in [3.63, 3.8) is 0 Å². The third-order valence-corrected chi connectivity index (χ3v) is 3.52. The van der Waals surface area contributed by atoms with Crippen LogP contribution in [0.1, 0.15) is 26.2 Å². The van der Waals surface area contributed by atoms with Crippen molar-refractivity contribution in [2.75, 3.05) is 5.32 Å². The Morgan fingerprint density at radius 3 is 2.75 bits per heavy atom. The average Bonchev–Trinajstić information content (AvgIpc) is 2.18. The zero-order valence-corrected chi connectivity index (χ0v) is 10.5. The fourth-order valence-electron chi connectivity index (χ4n) is 1.74. The Morgan fingerprint density at radius 1 is 1.62 bits per heavy atom. The minimum absolute atomic E-state index is 0.00353. The highest BCUT2D eigenvalue weighted by Gasteiger charge is 2.32. The van der Waals surface area contributed by atoms with Crippen LogP contribution in [0.2, 0.25) is 0 Å². The molecule has 0 bridgehead atoms. The topological polar surface area (TPSA) is 68.1 Å². The molecular weight excluding hydrogens is 274 g/mol. The van der Waals surface area contributed by atoms with E-state index in [9.17, 15) is 10.1 Å². The molecule has 1 aliphatic carbocycles. The molecule has 1 aromatic rings. The van der Waals surface area contributed by atoms with Crippen molar-refractivity contribution in [2.24, 2.45) is 0 Å². The maximum Gasteiger partial charge on any atom is 0.288 e. The molecule has 1 fully saturated rings. The summed E-state index contributed by atoms with van der Waals surface area (Å²) in [6.45, 7) is 2.13. The lowest BCUT2D eigenvalue weighted by Gasteiger charge is -2.39. The summed E-state index contributed by atoms with van der Waals surface area (Å²) in [5, 5.41) is 13.8. The van der Waals surface area contributed by atoms with Gasteiger partial charge in [0.2, 0.25) is 0 Å². The summed E-state index contributed by atoms with van der Waals surface area (Å²) in [7, 11) is 0. The molecule has 1 aliphatic rings. The van der Waals surface area contributed by atoms with E-state index in [1.807, 2.05) is 0 Å². The van der Waals surface area contributed by atoms with Crippen molar-refractivity contribution in [3.05, 3.63) is 26.9 Å². The summed E-state index contributed by atoms with van der Waals surface area (Å²) in [4.78, 5) is 14.2. The first-order valence-electron chi connectivity index (χ1n) is 5.08. The SMILES string of the molecule is CC1(Nc2ncc([N+](=O)[O-])cc2Br)CCC1. The zero-order chi connectivity index (χ0) is 11.8. The Labute approximate surface area is 102 Å². The largest absolute Gasteiger partial charge is 0.364 e. The number of pyridine rings is 1. The van der Waals surface area contributed by atoms with Crippen LogP contribution in [0.15, 0.2) is 16.7 Å². The molecule has 86 valence electrons. The van der Waals surface area contributed by atoms with Gasteiger partial charge >= 0.3 is 0 Å². The number of nitro groups is 1. The van der Waals surface area contributed by atoms with Gasteiger partial charge in [0.05, 0.1) is 9.40 Å². The Kier molecular flexibility index (Phi) is 2.84. The van der Waals surface area contributed by atoms with E-state index >= 15 is 0 Å². The lowest BCUT2D eigenvalue weighted by atomic mass is 9.78. The number of hydrogen-bond acceptors (Lipinski definition) is 4. The van der Waals surface area contributed by atoms with E-state index < -0.39 is 4.92 Å². The molecule has 0 spiro atoms. The van der Waals surface area contributed by atoms with E-state index in [4.69, 9.17) is 0 Å². The van der Waals surface area contributed by atoms with Crippen molar-refractivity contribution in [1.82, 2.24) is 4.98 Å². The van der Waals surface area contributed by atoms with Gasteiger partial charge in [-0.1, -0.05) is 0 Å². The second-order valence-electron chi connectivity index (χ2n) is 4.32. The third-order valence-electron chi connectivity index (χ3n) is 2.91. The molecule has 6 heteroatoms. The van der Waals surface area contributed by atoms with Crippen molar-refractivity contribution in [3.8, 4) is 0 Å². The van der Waals surface area contributed by atoms with Crippen molar-refractivity contribution >= 4 is 27.4 Å². The Hall–Kier alpha value is -1.17. The van der Waals surface area contributed by atoms with Crippen LogP contribution >= 0.6 is 15.9 Å². The Morgan fingerprint density at radius 2 is 2.31 bits per heavy atom. The molecule has 0 atom stereocenters. The molecule has 0 aliphatic heterocycles. The van der Waals surface area contributed by atoms with Gasteiger partial charge in [-0.05, 0) is 42.1 Å². The van der Waals surface area contributed by atoms with Crippen LogP contribution in [0, 0.1) is 10.1 Å². The fourth-order valence-corrected chi connectivity index (χ4v) is 2.17. The number of rotatable bonds is 3. The van der Waals surface area contributed by atoms with E-state index in [1.54, 1.807) is 0 Å². The number of nitrogens with one attached hydrogen (secondary N) is 1. The second-order valence-corrected chi connectivity index (χ2v) is 5.17. The first-order valence-corrected chi connectivity index (χ1v) is 5.88. The van der Waals surface area contributed by atoms with Crippen LogP contribution in [0.4, 0.5) is 11.5 Å². The summed E-state index contributed by atoms with van der Waals surface area (Å²) in [6, 6.07) is 1.47. The Balaban J connectivity index is 2.19. The van der Waals surface area contributed by atoms with Crippen LogP contribution in [0.5, 0.6) is 0 Å². The molecule has 5 nitrogen and oxygen atoms in total. The Bertz CT molecular complexity index is 432. The van der Waals surface area contributed by atoms with Gasteiger partial charge in [-0.3, -0.25) is 10.1 Å². The predicted molar refractivity (Wildman–Crippen MR) is 64.5 cm³/mol. The molecule has 1 N–H and O–H groups in total. The molecule has 1 saturated carbocycles.